The number of amides is 1. The molecular weight excluding hydrogens is 238 g/mol. The normalized spacial score (nSPS) is 34.8. The van der Waals surface area contributed by atoms with Gasteiger partial charge in [0.15, 0.2) is 0 Å². The van der Waals surface area contributed by atoms with Crippen molar-refractivity contribution in [3.05, 3.63) is 0 Å². The zero-order chi connectivity index (χ0) is 13.6. The Kier molecular flexibility index (Phi) is 3.05. The molecule has 2 unspecified atom stereocenters. The molecular formula is C15H23N3O. The molecule has 0 aromatic rings. The van der Waals surface area contributed by atoms with Gasteiger partial charge in [0.25, 0.3) is 0 Å². The fourth-order valence-corrected chi connectivity index (χ4v) is 3.73. The van der Waals surface area contributed by atoms with Crippen LogP contribution in [0.25, 0.3) is 0 Å². The van der Waals surface area contributed by atoms with Crippen LogP contribution in [0.3, 0.4) is 0 Å². The van der Waals surface area contributed by atoms with Crippen LogP contribution in [0.2, 0.25) is 0 Å². The summed E-state index contributed by atoms with van der Waals surface area (Å²) in [6.45, 7) is 7.13. The van der Waals surface area contributed by atoms with Gasteiger partial charge in [-0.25, -0.2) is 0 Å². The van der Waals surface area contributed by atoms with Crippen molar-refractivity contribution >= 4 is 5.91 Å². The average Bonchev–Trinajstić information content (AvgIpc) is 3.04. The summed E-state index contributed by atoms with van der Waals surface area (Å²) in [5, 5.41) is 9.16. The van der Waals surface area contributed by atoms with Gasteiger partial charge in [-0.05, 0) is 44.9 Å². The number of piperazine rings is 1. The largest absolute Gasteiger partial charge is 0.340 e. The van der Waals surface area contributed by atoms with Gasteiger partial charge in [-0.15, -0.1) is 0 Å². The van der Waals surface area contributed by atoms with Crippen molar-refractivity contribution in [1.82, 2.24) is 9.80 Å². The maximum Gasteiger partial charge on any atom is 0.225 e. The number of hydrogen-bond acceptors (Lipinski definition) is 3. The number of rotatable bonds is 2. The predicted molar refractivity (Wildman–Crippen MR) is 72.2 cm³/mol. The van der Waals surface area contributed by atoms with Gasteiger partial charge >= 0.3 is 0 Å². The highest BCUT2D eigenvalue weighted by atomic mass is 16.2. The molecule has 4 heteroatoms. The van der Waals surface area contributed by atoms with Gasteiger partial charge in [-0.3, -0.25) is 9.69 Å². The minimum atomic E-state index is -0.413. The fraction of sp³-hybridized carbons (Fsp3) is 0.867. The molecule has 104 valence electrons. The van der Waals surface area contributed by atoms with Gasteiger partial charge in [0.1, 0.15) is 5.54 Å². The van der Waals surface area contributed by atoms with E-state index in [2.05, 4.69) is 11.0 Å². The van der Waals surface area contributed by atoms with E-state index in [0.717, 1.165) is 50.9 Å². The molecule has 0 aromatic heterocycles. The molecule has 0 spiro atoms. The highest BCUT2D eigenvalue weighted by Gasteiger charge is 2.49. The number of nitrogens with zero attached hydrogens (tertiary/aromatic N) is 3. The number of fused-ring (bicyclic) bond motifs is 1. The summed E-state index contributed by atoms with van der Waals surface area (Å²) >= 11 is 0. The van der Waals surface area contributed by atoms with Gasteiger partial charge < -0.3 is 4.90 Å². The Hall–Kier alpha value is -1.08. The first-order valence-corrected chi connectivity index (χ1v) is 7.46. The van der Waals surface area contributed by atoms with Gasteiger partial charge in [-0.2, -0.15) is 5.26 Å². The number of nitriles is 1. The molecule has 1 heterocycles. The number of carbonyl (C=O) groups is 1. The molecule has 1 amide bonds. The van der Waals surface area contributed by atoms with E-state index in [-0.39, 0.29) is 0 Å². The lowest BCUT2D eigenvalue weighted by Crippen LogP contribution is -2.56. The third-order valence-corrected chi connectivity index (χ3v) is 5.25. The van der Waals surface area contributed by atoms with E-state index in [9.17, 15) is 4.79 Å². The van der Waals surface area contributed by atoms with Crippen LogP contribution in [0, 0.1) is 29.1 Å². The Morgan fingerprint density at radius 3 is 2.21 bits per heavy atom. The summed E-state index contributed by atoms with van der Waals surface area (Å²) in [7, 11) is 0. The molecule has 2 atom stereocenters. The van der Waals surface area contributed by atoms with Crippen molar-refractivity contribution in [2.45, 2.75) is 38.6 Å². The van der Waals surface area contributed by atoms with Crippen molar-refractivity contribution in [1.29, 1.82) is 5.26 Å². The molecule has 4 nitrogen and oxygen atoms in total. The molecule has 2 aliphatic carbocycles. The van der Waals surface area contributed by atoms with E-state index in [0.29, 0.717) is 11.8 Å². The van der Waals surface area contributed by atoms with Crippen LogP contribution in [0.5, 0.6) is 0 Å². The van der Waals surface area contributed by atoms with Gasteiger partial charge in [-0.1, -0.05) is 0 Å². The van der Waals surface area contributed by atoms with Crippen molar-refractivity contribution in [2.24, 2.45) is 17.8 Å². The Labute approximate surface area is 115 Å². The molecule has 1 saturated heterocycles. The lowest BCUT2D eigenvalue weighted by atomic mass is 10.0. The Morgan fingerprint density at radius 2 is 1.68 bits per heavy atom. The summed E-state index contributed by atoms with van der Waals surface area (Å²) in [4.78, 5) is 16.6. The second-order valence-corrected chi connectivity index (χ2v) is 6.91. The van der Waals surface area contributed by atoms with E-state index < -0.39 is 5.54 Å². The first-order valence-electron chi connectivity index (χ1n) is 7.46. The molecule has 3 rings (SSSR count). The van der Waals surface area contributed by atoms with E-state index >= 15 is 0 Å². The number of carbonyl (C=O) groups excluding carboxylic acids is 1. The van der Waals surface area contributed by atoms with E-state index in [1.54, 1.807) is 0 Å². The maximum atomic E-state index is 12.4. The predicted octanol–water partition coefficient (Wildman–Crippen LogP) is 1.48. The average molecular weight is 261 g/mol. The highest BCUT2D eigenvalue weighted by molar-refractivity contribution is 5.79. The first kappa shape index (κ1) is 12.9. The zero-order valence-electron chi connectivity index (χ0n) is 11.9. The van der Waals surface area contributed by atoms with Crippen LogP contribution in [0.15, 0.2) is 0 Å². The summed E-state index contributed by atoms with van der Waals surface area (Å²) in [5.41, 5.74) is -0.413. The minimum Gasteiger partial charge on any atom is -0.340 e. The standard InChI is InChI=1S/C15H23N3O/c1-15(2,10-16)18-5-3-17(4-6-18)14(19)13-8-11-7-12(11)9-13/h11-13H,3-9H2,1-2H3. The summed E-state index contributed by atoms with van der Waals surface area (Å²) in [6.07, 6.45) is 3.63. The molecule has 3 aliphatic rings. The van der Waals surface area contributed by atoms with Crippen molar-refractivity contribution in [3.8, 4) is 6.07 Å². The second-order valence-electron chi connectivity index (χ2n) is 6.91. The topological polar surface area (TPSA) is 47.3 Å². The van der Waals surface area contributed by atoms with E-state index in [4.69, 9.17) is 5.26 Å². The first-order chi connectivity index (χ1) is 9.01. The van der Waals surface area contributed by atoms with E-state index in [1.807, 2.05) is 18.7 Å². The molecule has 0 aromatic carbocycles. The van der Waals surface area contributed by atoms with Gasteiger partial charge in [0.2, 0.25) is 5.91 Å². The zero-order valence-corrected chi connectivity index (χ0v) is 11.9. The Bertz CT molecular complexity index is 408. The summed E-state index contributed by atoms with van der Waals surface area (Å²) in [5.74, 6) is 2.42. The third kappa shape index (κ3) is 2.36. The molecule has 0 radical (unpaired) electrons. The monoisotopic (exact) mass is 261 g/mol. The van der Waals surface area contributed by atoms with Crippen LogP contribution in [-0.4, -0.2) is 47.4 Å². The summed E-state index contributed by atoms with van der Waals surface area (Å²) in [6, 6.07) is 2.34. The fourth-order valence-electron chi connectivity index (χ4n) is 3.73. The molecule has 0 bridgehead atoms. The number of hydrogen-bond donors (Lipinski definition) is 0. The third-order valence-electron chi connectivity index (χ3n) is 5.25. The van der Waals surface area contributed by atoms with E-state index in [1.165, 1.54) is 6.42 Å². The quantitative estimate of drug-likeness (QED) is 0.756. The van der Waals surface area contributed by atoms with Crippen LogP contribution in [0.1, 0.15) is 33.1 Å². The smallest absolute Gasteiger partial charge is 0.225 e. The molecule has 2 saturated carbocycles. The minimum absolute atomic E-state index is 0.305. The lowest BCUT2D eigenvalue weighted by Gasteiger charge is -2.41. The van der Waals surface area contributed by atoms with Crippen LogP contribution >= 0.6 is 0 Å². The van der Waals surface area contributed by atoms with Crippen molar-refractivity contribution < 1.29 is 4.79 Å². The molecule has 19 heavy (non-hydrogen) atoms. The van der Waals surface area contributed by atoms with Crippen molar-refractivity contribution in [2.75, 3.05) is 26.2 Å². The van der Waals surface area contributed by atoms with Gasteiger partial charge in [0, 0.05) is 32.1 Å². The SMILES string of the molecule is CC(C)(C#N)N1CCN(C(=O)C2CC3CC3C2)CC1. The van der Waals surface area contributed by atoms with Crippen LogP contribution < -0.4 is 0 Å². The highest BCUT2D eigenvalue weighted by Crippen LogP contribution is 2.54. The Balaban J connectivity index is 1.53. The van der Waals surface area contributed by atoms with Crippen molar-refractivity contribution in [3.63, 3.8) is 0 Å². The second kappa shape index (κ2) is 4.49. The van der Waals surface area contributed by atoms with Crippen LogP contribution in [0.4, 0.5) is 0 Å². The van der Waals surface area contributed by atoms with Gasteiger partial charge in [0.05, 0.1) is 6.07 Å². The summed E-state index contributed by atoms with van der Waals surface area (Å²) < 4.78 is 0. The maximum absolute atomic E-state index is 12.4. The van der Waals surface area contributed by atoms with Crippen LogP contribution in [-0.2, 0) is 4.79 Å². The molecule has 0 N–H and O–H groups in total. The molecule has 3 fully saturated rings. The lowest BCUT2D eigenvalue weighted by molar-refractivity contribution is -0.138. The Morgan fingerprint density at radius 1 is 1.11 bits per heavy atom. The molecule has 1 aliphatic heterocycles.